The van der Waals surface area contributed by atoms with E-state index in [1.807, 2.05) is 30.3 Å². The standard InChI is InChI=1S/C24H21N3O6/c1-2-32-22-14-18(16-25-26-23(28)15-17-6-4-3-5-7-17)8-13-21(22)33-24(29)19-9-11-20(12-10-19)27(30)31/h3-14,16H,2,15H2,1H3,(H,26,28)/b25-16+. The van der Waals surface area contributed by atoms with Crippen molar-refractivity contribution >= 4 is 23.8 Å². The maximum Gasteiger partial charge on any atom is 0.343 e. The third-order valence-electron chi connectivity index (χ3n) is 4.39. The lowest BCUT2D eigenvalue weighted by molar-refractivity contribution is -0.384. The molecular formula is C24H21N3O6. The van der Waals surface area contributed by atoms with Gasteiger partial charge in [0.2, 0.25) is 5.91 Å². The van der Waals surface area contributed by atoms with Crippen molar-refractivity contribution in [2.75, 3.05) is 6.61 Å². The number of hydrogen-bond donors (Lipinski definition) is 1. The summed E-state index contributed by atoms with van der Waals surface area (Å²) in [6, 6.07) is 19.2. The van der Waals surface area contributed by atoms with Crippen LogP contribution in [0.5, 0.6) is 11.5 Å². The van der Waals surface area contributed by atoms with Crippen molar-refractivity contribution in [2.24, 2.45) is 5.10 Å². The fourth-order valence-corrected chi connectivity index (χ4v) is 2.84. The van der Waals surface area contributed by atoms with E-state index in [0.29, 0.717) is 17.9 Å². The van der Waals surface area contributed by atoms with Crippen LogP contribution in [0.15, 0.2) is 77.9 Å². The van der Waals surface area contributed by atoms with E-state index >= 15 is 0 Å². The third-order valence-corrected chi connectivity index (χ3v) is 4.39. The number of hydrazone groups is 1. The van der Waals surface area contributed by atoms with Gasteiger partial charge in [-0.2, -0.15) is 5.10 Å². The zero-order chi connectivity index (χ0) is 23.6. The van der Waals surface area contributed by atoms with Crippen LogP contribution in [0.25, 0.3) is 0 Å². The quantitative estimate of drug-likeness (QED) is 0.175. The van der Waals surface area contributed by atoms with Gasteiger partial charge in [-0.25, -0.2) is 10.2 Å². The summed E-state index contributed by atoms with van der Waals surface area (Å²) in [5.41, 5.74) is 4.00. The first-order valence-corrected chi connectivity index (χ1v) is 10.1. The molecule has 0 saturated carbocycles. The number of nitrogens with zero attached hydrogens (tertiary/aromatic N) is 2. The minimum Gasteiger partial charge on any atom is -0.490 e. The largest absolute Gasteiger partial charge is 0.490 e. The molecular weight excluding hydrogens is 426 g/mol. The first-order valence-electron chi connectivity index (χ1n) is 10.1. The van der Waals surface area contributed by atoms with Crippen LogP contribution in [-0.2, 0) is 11.2 Å². The number of rotatable bonds is 9. The Morgan fingerprint density at radius 1 is 1.03 bits per heavy atom. The normalized spacial score (nSPS) is 10.6. The average Bonchev–Trinajstić information content (AvgIpc) is 2.81. The fourth-order valence-electron chi connectivity index (χ4n) is 2.84. The molecule has 9 nitrogen and oxygen atoms in total. The summed E-state index contributed by atoms with van der Waals surface area (Å²) in [6.07, 6.45) is 1.66. The summed E-state index contributed by atoms with van der Waals surface area (Å²) in [7, 11) is 0. The predicted octanol–water partition coefficient (Wildman–Crippen LogP) is 3.91. The van der Waals surface area contributed by atoms with Gasteiger partial charge in [0.05, 0.1) is 29.7 Å². The summed E-state index contributed by atoms with van der Waals surface area (Å²) in [6.45, 7) is 2.11. The number of hydrogen-bond acceptors (Lipinski definition) is 7. The number of nitrogens with one attached hydrogen (secondary N) is 1. The van der Waals surface area contributed by atoms with Gasteiger partial charge in [0.15, 0.2) is 11.5 Å². The van der Waals surface area contributed by atoms with Crippen LogP contribution in [0.4, 0.5) is 5.69 Å². The highest BCUT2D eigenvalue weighted by molar-refractivity contribution is 5.92. The number of carbonyl (C=O) groups excluding carboxylic acids is 2. The zero-order valence-electron chi connectivity index (χ0n) is 17.8. The van der Waals surface area contributed by atoms with Gasteiger partial charge < -0.3 is 9.47 Å². The Bertz CT molecular complexity index is 1160. The summed E-state index contributed by atoms with van der Waals surface area (Å²) < 4.78 is 11.0. The summed E-state index contributed by atoms with van der Waals surface area (Å²) in [5, 5.41) is 14.7. The molecule has 1 amide bonds. The molecule has 0 saturated heterocycles. The second-order valence-corrected chi connectivity index (χ2v) is 6.79. The second kappa shape index (κ2) is 11.2. The highest BCUT2D eigenvalue weighted by Crippen LogP contribution is 2.29. The number of amides is 1. The van der Waals surface area contributed by atoms with E-state index in [2.05, 4.69) is 10.5 Å². The van der Waals surface area contributed by atoms with E-state index in [4.69, 9.17) is 9.47 Å². The Balaban J connectivity index is 1.65. The molecule has 0 radical (unpaired) electrons. The topological polar surface area (TPSA) is 120 Å². The van der Waals surface area contributed by atoms with Gasteiger partial charge in [-0.3, -0.25) is 14.9 Å². The van der Waals surface area contributed by atoms with E-state index in [9.17, 15) is 19.7 Å². The molecule has 0 fully saturated rings. The number of ether oxygens (including phenoxy) is 2. The lowest BCUT2D eigenvalue weighted by Gasteiger charge is -2.11. The average molecular weight is 447 g/mol. The van der Waals surface area contributed by atoms with E-state index in [1.165, 1.54) is 30.5 Å². The fraction of sp³-hybridized carbons (Fsp3) is 0.125. The van der Waals surface area contributed by atoms with Crippen LogP contribution in [0.3, 0.4) is 0 Å². The maximum atomic E-state index is 12.4. The minimum absolute atomic E-state index is 0.124. The number of nitro benzene ring substituents is 1. The van der Waals surface area contributed by atoms with Gasteiger partial charge >= 0.3 is 5.97 Å². The van der Waals surface area contributed by atoms with Crippen molar-refractivity contribution in [1.29, 1.82) is 0 Å². The molecule has 0 aliphatic heterocycles. The van der Waals surface area contributed by atoms with Crippen molar-refractivity contribution in [3.05, 3.63) is 99.6 Å². The van der Waals surface area contributed by atoms with Crippen LogP contribution in [0.2, 0.25) is 0 Å². The SMILES string of the molecule is CCOc1cc(/C=N/NC(=O)Cc2ccccc2)ccc1OC(=O)c1ccc([N+](=O)[O-])cc1. The van der Waals surface area contributed by atoms with E-state index in [0.717, 1.165) is 5.56 Å². The van der Waals surface area contributed by atoms with Crippen LogP contribution in [0, 0.1) is 10.1 Å². The summed E-state index contributed by atoms with van der Waals surface area (Å²) in [5.74, 6) is -0.436. The van der Waals surface area contributed by atoms with Crippen molar-refractivity contribution in [2.45, 2.75) is 13.3 Å². The van der Waals surface area contributed by atoms with Gasteiger partial charge in [0.25, 0.3) is 5.69 Å². The Hall–Kier alpha value is -4.53. The first kappa shape index (κ1) is 23.1. The molecule has 0 aromatic heterocycles. The van der Waals surface area contributed by atoms with Gasteiger partial charge in [0.1, 0.15) is 0 Å². The Kier molecular flexibility index (Phi) is 7.85. The van der Waals surface area contributed by atoms with Crippen LogP contribution < -0.4 is 14.9 Å². The smallest absolute Gasteiger partial charge is 0.343 e. The van der Waals surface area contributed by atoms with Gasteiger partial charge in [-0.1, -0.05) is 30.3 Å². The minimum atomic E-state index is -0.680. The monoisotopic (exact) mass is 447 g/mol. The van der Waals surface area contributed by atoms with Crippen LogP contribution in [0.1, 0.15) is 28.4 Å². The lowest BCUT2D eigenvalue weighted by Crippen LogP contribution is -2.19. The Labute approximate surface area is 189 Å². The number of carbonyl (C=O) groups is 2. The number of non-ortho nitro benzene ring substituents is 1. The second-order valence-electron chi connectivity index (χ2n) is 6.79. The van der Waals surface area contributed by atoms with Crippen LogP contribution in [-0.4, -0.2) is 29.6 Å². The molecule has 1 N–H and O–H groups in total. The Morgan fingerprint density at radius 2 is 1.76 bits per heavy atom. The first-order chi connectivity index (χ1) is 16.0. The zero-order valence-corrected chi connectivity index (χ0v) is 17.8. The molecule has 0 spiro atoms. The summed E-state index contributed by atoms with van der Waals surface area (Å²) >= 11 is 0. The molecule has 0 heterocycles. The van der Waals surface area contributed by atoms with E-state index in [-0.39, 0.29) is 29.3 Å². The van der Waals surface area contributed by atoms with Gasteiger partial charge in [-0.05, 0) is 48.4 Å². The molecule has 0 aliphatic carbocycles. The molecule has 33 heavy (non-hydrogen) atoms. The molecule has 0 aliphatic rings. The van der Waals surface area contributed by atoms with Crippen molar-refractivity contribution in [3.8, 4) is 11.5 Å². The number of esters is 1. The molecule has 0 atom stereocenters. The van der Waals surface area contributed by atoms with Crippen molar-refractivity contribution in [3.63, 3.8) is 0 Å². The molecule has 168 valence electrons. The van der Waals surface area contributed by atoms with E-state index < -0.39 is 10.9 Å². The molecule has 3 aromatic carbocycles. The summed E-state index contributed by atoms with van der Waals surface area (Å²) in [4.78, 5) is 34.6. The van der Waals surface area contributed by atoms with E-state index in [1.54, 1.807) is 25.1 Å². The van der Waals surface area contributed by atoms with Crippen molar-refractivity contribution in [1.82, 2.24) is 5.43 Å². The van der Waals surface area contributed by atoms with Crippen molar-refractivity contribution < 1.29 is 24.0 Å². The highest BCUT2D eigenvalue weighted by atomic mass is 16.6. The molecule has 0 bridgehead atoms. The molecule has 3 rings (SSSR count). The number of nitro groups is 1. The molecule has 0 unspecified atom stereocenters. The molecule has 9 heteroatoms. The number of benzene rings is 3. The van der Waals surface area contributed by atoms with Gasteiger partial charge in [0, 0.05) is 12.1 Å². The lowest BCUT2D eigenvalue weighted by atomic mass is 10.1. The predicted molar refractivity (Wildman–Crippen MR) is 122 cm³/mol. The Morgan fingerprint density at radius 3 is 2.42 bits per heavy atom. The van der Waals surface area contributed by atoms with Crippen LogP contribution >= 0.6 is 0 Å². The maximum absolute atomic E-state index is 12.4. The van der Waals surface area contributed by atoms with Gasteiger partial charge in [-0.15, -0.1) is 0 Å². The molecule has 3 aromatic rings. The third kappa shape index (κ3) is 6.73. The highest BCUT2D eigenvalue weighted by Gasteiger charge is 2.15.